The minimum absolute atomic E-state index is 0.126. The number of likely N-dealkylation sites (tertiary alicyclic amines) is 1. The van der Waals surface area contributed by atoms with Crippen molar-refractivity contribution in [3.8, 4) is 11.8 Å². The molecule has 122 valence electrons. The summed E-state index contributed by atoms with van der Waals surface area (Å²) in [6.07, 6.45) is 0.854. The number of aliphatic hydroxyl groups is 1. The number of nitrogens with one attached hydrogen (secondary N) is 1. The van der Waals surface area contributed by atoms with Crippen molar-refractivity contribution in [2.24, 2.45) is 5.92 Å². The summed E-state index contributed by atoms with van der Waals surface area (Å²) in [4.78, 5) is 14.0. The van der Waals surface area contributed by atoms with Crippen molar-refractivity contribution in [1.29, 1.82) is 0 Å². The van der Waals surface area contributed by atoms with Crippen molar-refractivity contribution >= 4 is 11.7 Å². The van der Waals surface area contributed by atoms with Gasteiger partial charge in [-0.05, 0) is 36.8 Å². The first-order valence-corrected chi connectivity index (χ1v) is 8.08. The van der Waals surface area contributed by atoms with E-state index in [4.69, 9.17) is 0 Å². The van der Waals surface area contributed by atoms with Gasteiger partial charge in [-0.15, -0.1) is 0 Å². The number of amides is 2. The quantitative estimate of drug-likeness (QED) is 0.836. The molecule has 1 fully saturated rings. The Balaban J connectivity index is 1.65. The van der Waals surface area contributed by atoms with Gasteiger partial charge in [0.25, 0.3) is 0 Å². The van der Waals surface area contributed by atoms with E-state index < -0.39 is 0 Å². The molecule has 1 saturated heterocycles. The van der Waals surface area contributed by atoms with Gasteiger partial charge in [0.2, 0.25) is 0 Å². The predicted molar refractivity (Wildman–Crippen MR) is 94.6 cm³/mol. The number of aliphatic hydroxyl groups excluding tert-OH is 1. The van der Waals surface area contributed by atoms with Crippen molar-refractivity contribution in [3.63, 3.8) is 0 Å². The topological polar surface area (TPSA) is 52.6 Å². The summed E-state index contributed by atoms with van der Waals surface area (Å²) >= 11 is 0. The number of hydrogen-bond acceptors (Lipinski definition) is 2. The maximum absolute atomic E-state index is 12.3. The molecule has 0 spiro atoms. The molecule has 1 aliphatic rings. The zero-order valence-corrected chi connectivity index (χ0v) is 13.4. The summed E-state index contributed by atoms with van der Waals surface area (Å²) in [5.74, 6) is 6.41. The summed E-state index contributed by atoms with van der Waals surface area (Å²) in [5, 5.41) is 12.1. The van der Waals surface area contributed by atoms with Crippen LogP contribution in [0.5, 0.6) is 0 Å². The predicted octanol–water partition coefficient (Wildman–Crippen LogP) is 2.93. The maximum Gasteiger partial charge on any atom is 0.321 e. The molecule has 2 amide bonds. The van der Waals surface area contributed by atoms with E-state index in [-0.39, 0.29) is 18.6 Å². The molecule has 2 N–H and O–H groups in total. The monoisotopic (exact) mass is 320 g/mol. The van der Waals surface area contributed by atoms with Gasteiger partial charge in [0.1, 0.15) is 0 Å². The van der Waals surface area contributed by atoms with Crippen LogP contribution in [0.3, 0.4) is 0 Å². The van der Waals surface area contributed by atoms with Crippen LogP contribution >= 0.6 is 0 Å². The van der Waals surface area contributed by atoms with Crippen LogP contribution in [0.4, 0.5) is 10.5 Å². The first kappa shape index (κ1) is 16.1. The van der Waals surface area contributed by atoms with E-state index in [1.165, 1.54) is 0 Å². The van der Waals surface area contributed by atoms with Crippen LogP contribution in [0.15, 0.2) is 54.6 Å². The molecule has 1 aliphatic heterocycles. The summed E-state index contributed by atoms with van der Waals surface area (Å²) in [6.45, 7) is 1.43. The van der Waals surface area contributed by atoms with E-state index in [0.717, 1.165) is 23.2 Å². The van der Waals surface area contributed by atoms with Crippen molar-refractivity contribution in [3.05, 3.63) is 65.7 Å². The lowest BCUT2D eigenvalue weighted by molar-refractivity contribution is 0.209. The van der Waals surface area contributed by atoms with Gasteiger partial charge in [0.05, 0.1) is 0 Å². The largest absolute Gasteiger partial charge is 0.396 e. The van der Waals surface area contributed by atoms with Crippen molar-refractivity contribution in [2.75, 3.05) is 25.0 Å². The Morgan fingerprint density at radius 2 is 1.88 bits per heavy atom. The van der Waals surface area contributed by atoms with Gasteiger partial charge in [-0.2, -0.15) is 0 Å². The number of carbonyl (C=O) groups excluding carboxylic acids is 1. The van der Waals surface area contributed by atoms with E-state index in [9.17, 15) is 9.90 Å². The Kier molecular flexibility index (Phi) is 5.15. The first-order valence-electron chi connectivity index (χ1n) is 8.08. The summed E-state index contributed by atoms with van der Waals surface area (Å²) in [7, 11) is 0. The molecule has 24 heavy (non-hydrogen) atoms. The molecule has 1 heterocycles. The van der Waals surface area contributed by atoms with Gasteiger partial charge in [-0.1, -0.05) is 36.1 Å². The first-order chi connectivity index (χ1) is 11.7. The van der Waals surface area contributed by atoms with Crippen LogP contribution < -0.4 is 5.32 Å². The summed E-state index contributed by atoms with van der Waals surface area (Å²) in [6, 6.07) is 17.2. The highest BCUT2D eigenvalue weighted by atomic mass is 16.3. The molecular weight excluding hydrogens is 300 g/mol. The number of nitrogens with zero attached hydrogens (tertiary/aromatic N) is 1. The number of urea groups is 1. The van der Waals surface area contributed by atoms with E-state index in [2.05, 4.69) is 17.2 Å². The van der Waals surface area contributed by atoms with Gasteiger partial charge in [0, 0.05) is 42.4 Å². The fourth-order valence-corrected chi connectivity index (χ4v) is 2.71. The number of carbonyl (C=O) groups is 1. The van der Waals surface area contributed by atoms with Gasteiger partial charge < -0.3 is 15.3 Å². The number of rotatable bonds is 2. The van der Waals surface area contributed by atoms with E-state index >= 15 is 0 Å². The number of benzene rings is 2. The average molecular weight is 320 g/mol. The third-order valence-corrected chi connectivity index (χ3v) is 4.07. The van der Waals surface area contributed by atoms with E-state index in [0.29, 0.717) is 13.1 Å². The van der Waals surface area contributed by atoms with Gasteiger partial charge in [0.15, 0.2) is 0 Å². The molecule has 2 aromatic rings. The molecular formula is C20H20N2O2. The summed E-state index contributed by atoms with van der Waals surface area (Å²) in [5.41, 5.74) is 2.54. The zero-order valence-electron chi connectivity index (χ0n) is 13.4. The highest BCUT2D eigenvalue weighted by Gasteiger charge is 2.25. The molecule has 0 saturated carbocycles. The Morgan fingerprint density at radius 1 is 1.12 bits per heavy atom. The number of hydrogen-bond donors (Lipinski definition) is 2. The molecule has 1 atom stereocenters. The fourth-order valence-electron chi connectivity index (χ4n) is 2.71. The highest BCUT2D eigenvalue weighted by molar-refractivity contribution is 5.89. The van der Waals surface area contributed by atoms with Crippen LogP contribution in [0.1, 0.15) is 17.5 Å². The lowest BCUT2D eigenvalue weighted by Crippen LogP contribution is -2.33. The van der Waals surface area contributed by atoms with E-state index in [1.54, 1.807) is 4.90 Å². The number of anilines is 1. The second-order valence-corrected chi connectivity index (χ2v) is 5.91. The molecule has 0 radical (unpaired) electrons. The third kappa shape index (κ3) is 4.15. The molecule has 0 unspecified atom stereocenters. The van der Waals surface area contributed by atoms with Crippen LogP contribution in [-0.4, -0.2) is 35.7 Å². The van der Waals surface area contributed by atoms with Gasteiger partial charge in [-0.3, -0.25) is 0 Å². The second-order valence-electron chi connectivity index (χ2n) is 5.91. The molecule has 2 aromatic carbocycles. The Morgan fingerprint density at radius 3 is 2.62 bits per heavy atom. The molecule has 3 rings (SSSR count). The average Bonchev–Trinajstić information content (AvgIpc) is 3.11. The molecule has 0 aliphatic carbocycles. The highest BCUT2D eigenvalue weighted by Crippen LogP contribution is 2.17. The van der Waals surface area contributed by atoms with Crippen molar-refractivity contribution in [2.45, 2.75) is 6.42 Å². The normalized spacial score (nSPS) is 16.4. The van der Waals surface area contributed by atoms with Crippen LogP contribution in [0.25, 0.3) is 0 Å². The fraction of sp³-hybridized carbons (Fsp3) is 0.250. The van der Waals surface area contributed by atoms with Gasteiger partial charge in [-0.25, -0.2) is 4.79 Å². The third-order valence-electron chi connectivity index (χ3n) is 4.07. The Labute approximate surface area is 142 Å². The van der Waals surface area contributed by atoms with Crippen molar-refractivity contribution in [1.82, 2.24) is 4.90 Å². The second kappa shape index (κ2) is 7.67. The molecule has 4 nitrogen and oxygen atoms in total. The minimum Gasteiger partial charge on any atom is -0.396 e. The maximum atomic E-state index is 12.3. The minimum atomic E-state index is -0.126. The van der Waals surface area contributed by atoms with Crippen LogP contribution in [0, 0.1) is 17.8 Å². The Hall–Kier alpha value is -2.77. The van der Waals surface area contributed by atoms with Crippen LogP contribution in [-0.2, 0) is 0 Å². The molecule has 4 heteroatoms. The summed E-state index contributed by atoms with van der Waals surface area (Å²) < 4.78 is 0. The van der Waals surface area contributed by atoms with E-state index in [1.807, 2.05) is 54.6 Å². The Bertz CT molecular complexity index is 762. The lowest BCUT2D eigenvalue weighted by atomic mass is 10.1. The van der Waals surface area contributed by atoms with Crippen LogP contribution in [0.2, 0.25) is 0 Å². The smallest absolute Gasteiger partial charge is 0.321 e. The molecule has 0 aromatic heterocycles. The SMILES string of the molecule is O=C(Nc1cccc(C#Cc2ccccc2)c1)N1CC[C@@H](CO)C1. The lowest BCUT2D eigenvalue weighted by Gasteiger charge is -2.17. The zero-order chi connectivity index (χ0) is 16.8. The standard InChI is InChI=1S/C20H20N2O2/c23-15-18-11-12-22(14-18)20(24)21-19-8-4-7-17(13-19)10-9-16-5-2-1-3-6-16/h1-8,13,18,23H,11-12,14-15H2,(H,21,24)/t18-/m1/s1. The van der Waals surface area contributed by atoms with Gasteiger partial charge >= 0.3 is 6.03 Å². The molecule has 0 bridgehead atoms. The van der Waals surface area contributed by atoms with Crippen molar-refractivity contribution < 1.29 is 9.90 Å².